The summed E-state index contributed by atoms with van der Waals surface area (Å²) in [6.45, 7) is 9.41. The van der Waals surface area contributed by atoms with Gasteiger partial charge in [0.1, 0.15) is 6.04 Å². The molecule has 0 saturated heterocycles. The average Bonchev–Trinajstić information content (AvgIpc) is 2.36. The first kappa shape index (κ1) is 18.5. The molecule has 5 nitrogen and oxygen atoms in total. The maximum atomic E-state index is 12.4. The lowest BCUT2D eigenvalue weighted by atomic mass is 10.1. The molecule has 1 N–H and O–H groups in total. The molecule has 0 unspecified atom stereocenters. The minimum absolute atomic E-state index is 0.0196. The Bertz CT molecular complexity index is 626. The lowest BCUT2D eigenvalue weighted by Crippen LogP contribution is -2.50. The van der Waals surface area contributed by atoms with Gasteiger partial charge in [-0.15, -0.1) is 0 Å². The lowest BCUT2D eigenvalue weighted by Gasteiger charge is -2.30. The highest BCUT2D eigenvalue weighted by Gasteiger charge is 2.30. The number of benzene rings is 1. The van der Waals surface area contributed by atoms with E-state index in [4.69, 9.17) is 0 Å². The fraction of sp³-hybridized carbons (Fsp3) is 0.562. The quantitative estimate of drug-likeness (QED) is 0.872. The molecule has 0 aliphatic carbocycles. The molecule has 2 atom stereocenters. The third kappa shape index (κ3) is 4.73. The van der Waals surface area contributed by atoms with Crippen LogP contribution in [0.5, 0.6) is 0 Å². The summed E-state index contributed by atoms with van der Waals surface area (Å²) in [5.41, 5.74) is 1.44. The molecule has 0 aliphatic rings. The van der Waals surface area contributed by atoms with Crippen molar-refractivity contribution in [3.63, 3.8) is 0 Å². The van der Waals surface area contributed by atoms with Crippen molar-refractivity contribution in [2.24, 2.45) is 5.92 Å². The zero-order chi connectivity index (χ0) is 17.1. The maximum Gasteiger partial charge on any atom is 0.243 e. The van der Waals surface area contributed by atoms with Gasteiger partial charge in [0, 0.05) is 6.04 Å². The van der Waals surface area contributed by atoms with Crippen molar-refractivity contribution in [3.8, 4) is 0 Å². The summed E-state index contributed by atoms with van der Waals surface area (Å²) in [7, 11) is -3.56. The largest absolute Gasteiger partial charge is 0.352 e. The molecule has 6 heteroatoms. The molecule has 22 heavy (non-hydrogen) atoms. The molecule has 0 aliphatic heterocycles. The number of hydrogen-bond acceptors (Lipinski definition) is 3. The van der Waals surface area contributed by atoms with Crippen LogP contribution in [0.25, 0.3) is 0 Å². The topological polar surface area (TPSA) is 66.5 Å². The molecule has 0 saturated carbocycles. The monoisotopic (exact) mass is 326 g/mol. The van der Waals surface area contributed by atoms with Crippen molar-refractivity contribution in [1.29, 1.82) is 0 Å². The van der Waals surface area contributed by atoms with Gasteiger partial charge in [-0.25, -0.2) is 8.42 Å². The zero-order valence-corrected chi connectivity index (χ0v) is 14.9. The van der Waals surface area contributed by atoms with Gasteiger partial charge < -0.3 is 5.32 Å². The number of sulfonamides is 1. The van der Waals surface area contributed by atoms with E-state index in [-0.39, 0.29) is 17.9 Å². The molecule has 124 valence electrons. The predicted molar refractivity (Wildman–Crippen MR) is 90.4 cm³/mol. The van der Waals surface area contributed by atoms with Crippen LogP contribution in [0.3, 0.4) is 0 Å². The number of nitrogens with one attached hydrogen (secondary N) is 1. The van der Waals surface area contributed by atoms with Crippen LogP contribution in [0.15, 0.2) is 24.3 Å². The molecule has 0 bridgehead atoms. The van der Waals surface area contributed by atoms with Crippen LogP contribution in [0, 0.1) is 12.8 Å². The smallest absolute Gasteiger partial charge is 0.243 e. The second-order valence-electron chi connectivity index (χ2n) is 6.12. The highest BCUT2D eigenvalue weighted by molar-refractivity contribution is 7.92. The summed E-state index contributed by atoms with van der Waals surface area (Å²) in [5, 5.41) is 2.87. The number of hydrogen-bond donors (Lipinski definition) is 1. The Morgan fingerprint density at radius 2 is 1.77 bits per heavy atom. The fourth-order valence-electron chi connectivity index (χ4n) is 2.09. The second-order valence-corrected chi connectivity index (χ2v) is 7.97. The highest BCUT2D eigenvalue weighted by atomic mass is 32.2. The molecule has 1 aromatic carbocycles. The van der Waals surface area contributed by atoms with E-state index < -0.39 is 16.1 Å². The van der Waals surface area contributed by atoms with Crippen molar-refractivity contribution >= 4 is 21.6 Å². The molecule has 0 fully saturated rings. The van der Waals surface area contributed by atoms with Gasteiger partial charge >= 0.3 is 0 Å². The van der Waals surface area contributed by atoms with E-state index in [9.17, 15) is 13.2 Å². The molecule has 1 aromatic rings. The molecule has 1 rings (SSSR count). The van der Waals surface area contributed by atoms with Crippen LogP contribution in [0.1, 0.15) is 33.3 Å². The fourth-order valence-corrected chi connectivity index (χ4v) is 3.25. The second kappa shape index (κ2) is 7.13. The minimum Gasteiger partial charge on any atom is -0.352 e. The van der Waals surface area contributed by atoms with Gasteiger partial charge in [-0.1, -0.05) is 26.0 Å². The third-order valence-corrected chi connectivity index (χ3v) is 4.96. The normalized spacial score (nSPS) is 14.5. The Hall–Kier alpha value is -1.56. The number of anilines is 1. The molecule has 1 amide bonds. The molecule has 0 heterocycles. The van der Waals surface area contributed by atoms with Gasteiger partial charge in [0.25, 0.3) is 0 Å². The van der Waals surface area contributed by atoms with Crippen LogP contribution in [0.4, 0.5) is 5.69 Å². The summed E-state index contributed by atoms with van der Waals surface area (Å²) in [4.78, 5) is 12.4. The van der Waals surface area contributed by atoms with E-state index in [1.165, 1.54) is 4.31 Å². The summed E-state index contributed by atoms with van der Waals surface area (Å²) >= 11 is 0. The number of carbonyl (C=O) groups excluding carboxylic acids is 1. The van der Waals surface area contributed by atoms with Crippen LogP contribution >= 0.6 is 0 Å². The Kier molecular flexibility index (Phi) is 6.00. The van der Waals surface area contributed by atoms with Crippen molar-refractivity contribution < 1.29 is 13.2 Å². The SMILES string of the molecule is Cc1cccc(N([C@@H](C)C(=O)N[C@@H](C)C(C)C)S(C)(=O)=O)c1. The van der Waals surface area contributed by atoms with Gasteiger partial charge in [-0.3, -0.25) is 9.10 Å². The van der Waals surface area contributed by atoms with Crippen molar-refractivity contribution in [2.75, 3.05) is 10.6 Å². The van der Waals surface area contributed by atoms with E-state index in [1.807, 2.05) is 33.8 Å². The van der Waals surface area contributed by atoms with Crippen LogP contribution in [-0.2, 0) is 14.8 Å². The number of nitrogens with zero attached hydrogens (tertiary/aromatic N) is 1. The van der Waals surface area contributed by atoms with E-state index in [1.54, 1.807) is 25.1 Å². The number of rotatable bonds is 6. The summed E-state index contributed by atoms with van der Waals surface area (Å²) < 4.78 is 25.5. The van der Waals surface area contributed by atoms with E-state index >= 15 is 0 Å². The number of aryl methyl sites for hydroxylation is 1. The highest BCUT2D eigenvalue weighted by Crippen LogP contribution is 2.22. The van der Waals surface area contributed by atoms with Gasteiger partial charge in [-0.05, 0) is 44.4 Å². The standard InChI is InChI=1S/C16H26N2O3S/c1-11(2)13(4)17-16(19)14(5)18(22(6,20)21)15-9-7-8-12(3)10-15/h7-11,13-14H,1-6H3,(H,17,19)/t13-,14-/m0/s1. The average molecular weight is 326 g/mol. The Balaban J connectivity index is 3.11. The first-order valence-corrected chi connectivity index (χ1v) is 9.25. The Morgan fingerprint density at radius 3 is 2.23 bits per heavy atom. The molecule has 0 radical (unpaired) electrons. The van der Waals surface area contributed by atoms with Crippen LogP contribution in [0.2, 0.25) is 0 Å². The van der Waals surface area contributed by atoms with Crippen LogP contribution in [-0.4, -0.2) is 32.7 Å². The predicted octanol–water partition coefficient (Wildman–Crippen LogP) is 2.31. The summed E-state index contributed by atoms with van der Waals surface area (Å²) in [5.74, 6) is -0.0186. The van der Waals surface area contributed by atoms with Gasteiger partial charge in [0.2, 0.25) is 15.9 Å². The third-order valence-electron chi connectivity index (χ3n) is 3.71. The van der Waals surface area contributed by atoms with Crippen LogP contribution < -0.4 is 9.62 Å². The molecule has 0 aromatic heterocycles. The number of carbonyl (C=O) groups is 1. The zero-order valence-electron chi connectivity index (χ0n) is 14.1. The van der Waals surface area contributed by atoms with Gasteiger partial charge in [0.15, 0.2) is 0 Å². The lowest BCUT2D eigenvalue weighted by molar-refractivity contribution is -0.122. The van der Waals surface area contributed by atoms with Gasteiger partial charge in [0.05, 0.1) is 11.9 Å². The van der Waals surface area contributed by atoms with E-state index in [2.05, 4.69) is 5.32 Å². The molecule has 0 spiro atoms. The Morgan fingerprint density at radius 1 is 1.18 bits per heavy atom. The Labute approximate surface area is 133 Å². The maximum absolute atomic E-state index is 12.4. The number of amides is 1. The van der Waals surface area contributed by atoms with Crippen molar-refractivity contribution in [3.05, 3.63) is 29.8 Å². The van der Waals surface area contributed by atoms with E-state index in [0.717, 1.165) is 11.8 Å². The first-order valence-electron chi connectivity index (χ1n) is 7.40. The van der Waals surface area contributed by atoms with Gasteiger partial charge in [-0.2, -0.15) is 0 Å². The van der Waals surface area contributed by atoms with Crippen molar-refractivity contribution in [2.45, 2.75) is 46.7 Å². The first-order chi connectivity index (χ1) is 10.0. The van der Waals surface area contributed by atoms with Crippen molar-refractivity contribution in [1.82, 2.24) is 5.32 Å². The van der Waals surface area contributed by atoms with E-state index in [0.29, 0.717) is 5.69 Å². The summed E-state index contributed by atoms with van der Waals surface area (Å²) in [6, 6.07) is 6.30. The summed E-state index contributed by atoms with van der Waals surface area (Å²) in [6.07, 6.45) is 1.12. The minimum atomic E-state index is -3.56. The molecular weight excluding hydrogens is 300 g/mol. The molecular formula is C16H26N2O3S.